The van der Waals surface area contributed by atoms with Gasteiger partial charge in [0.05, 0.1) is 17.6 Å². The van der Waals surface area contributed by atoms with Crippen molar-refractivity contribution in [1.82, 2.24) is 14.9 Å². The van der Waals surface area contributed by atoms with E-state index < -0.39 is 0 Å². The van der Waals surface area contributed by atoms with E-state index in [1.54, 1.807) is 0 Å². The van der Waals surface area contributed by atoms with Gasteiger partial charge >= 0.3 is 0 Å². The lowest BCUT2D eigenvalue weighted by Gasteiger charge is -2.34. The minimum atomic E-state index is -0.114. The number of benzene rings is 2. The van der Waals surface area contributed by atoms with E-state index in [4.69, 9.17) is 9.72 Å². The lowest BCUT2D eigenvalue weighted by molar-refractivity contribution is -0.108. The van der Waals surface area contributed by atoms with Gasteiger partial charge < -0.3 is 24.3 Å². The largest absolute Gasteiger partial charge is 0.493 e. The molecule has 0 amide bonds. The summed E-state index contributed by atoms with van der Waals surface area (Å²) in [6, 6.07) is 11.0. The van der Waals surface area contributed by atoms with Crippen LogP contribution in [0.1, 0.15) is 65.5 Å². The highest BCUT2D eigenvalue weighted by molar-refractivity contribution is 5.83. The van der Waals surface area contributed by atoms with Crippen molar-refractivity contribution in [1.29, 1.82) is 0 Å². The third-order valence-corrected chi connectivity index (χ3v) is 7.03. The van der Waals surface area contributed by atoms with Crippen molar-refractivity contribution in [2.75, 3.05) is 44.7 Å². The van der Waals surface area contributed by atoms with E-state index in [2.05, 4.69) is 93.7 Å². The van der Waals surface area contributed by atoms with Crippen molar-refractivity contribution < 1.29 is 9.53 Å². The van der Waals surface area contributed by atoms with Crippen LogP contribution < -0.4 is 9.64 Å². The quantitative estimate of drug-likeness (QED) is 0.328. The summed E-state index contributed by atoms with van der Waals surface area (Å²) < 4.78 is 6.37. The second-order valence-corrected chi connectivity index (χ2v) is 12.1. The lowest BCUT2D eigenvalue weighted by atomic mass is 9.78. The molecule has 0 radical (unpaired) electrons. The first kappa shape index (κ1) is 26.2. The average molecular weight is 491 g/mol. The van der Waals surface area contributed by atoms with Gasteiger partial charge in [-0.05, 0) is 54.6 Å². The molecule has 0 spiro atoms. The van der Waals surface area contributed by atoms with E-state index in [9.17, 15) is 4.79 Å². The van der Waals surface area contributed by atoms with Crippen LogP contribution >= 0.6 is 0 Å². The molecule has 6 nitrogen and oxygen atoms in total. The molecule has 0 unspecified atom stereocenters. The van der Waals surface area contributed by atoms with Crippen molar-refractivity contribution in [2.45, 2.75) is 65.2 Å². The number of carbonyl (C=O) groups is 1. The van der Waals surface area contributed by atoms with Gasteiger partial charge in [-0.1, -0.05) is 41.5 Å². The highest BCUT2D eigenvalue weighted by Crippen LogP contribution is 2.43. The summed E-state index contributed by atoms with van der Waals surface area (Å²) in [6.45, 7) is 18.1. The molecule has 2 heterocycles. The number of anilines is 1. The maximum Gasteiger partial charge on any atom is 0.138 e. The number of fused-ring (bicyclic) bond motifs is 1. The number of likely N-dealkylation sites (N-methyl/N-ethyl adjacent to an activating group) is 1. The Balaban J connectivity index is 1.75. The number of hydrogen-bond donors (Lipinski definition) is 1. The number of carbonyl (C=O) groups excluding carboxylic acids is 1. The van der Waals surface area contributed by atoms with Crippen LogP contribution in [-0.2, 0) is 15.6 Å². The zero-order valence-corrected chi connectivity index (χ0v) is 23.1. The first-order valence-corrected chi connectivity index (χ1v) is 13.2. The van der Waals surface area contributed by atoms with E-state index in [1.807, 2.05) is 0 Å². The zero-order valence-electron chi connectivity index (χ0n) is 23.1. The van der Waals surface area contributed by atoms with Crippen LogP contribution in [0.4, 0.5) is 5.69 Å². The second-order valence-electron chi connectivity index (χ2n) is 12.1. The fourth-order valence-electron chi connectivity index (χ4n) is 4.77. The van der Waals surface area contributed by atoms with E-state index in [0.29, 0.717) is 13.0 Å². The minimum Gasteiger partial charge on any atom is -0.493 e. The number of aldehydes is 1. The zero-order chi connectivity index (χ0) is 26.1. The monoisotopic (exact) mass is 490 g/mol. The topological polar surface area (TPSA) is 61.5 Å². The molecule has 36 heavy (non-hydrogen) atoms. The highest BCUT2D eigenvalue weighted by Gasteiger charge is 2.29. The second kappa shape index (κ2) is 10.3. The Kier molecular flexibility index (Phi) is 7.46. The molecule has 1 aliphatic heterocycles. The predicted molar refractivity (Wildman–Crippen MR) is 149 cm³/mol. The van der Waals surface area contributed by atoms with Gasteiger partial charge in [0.15, 0.2) is 0 Å². The summed E-state index contributed by atoms with van der Waals surface area (Å²) in [5, 5.41) is 0. The molecule has 3 aromatic rings. The van der Waals surface area contributed by atoms with Crippen LogP contribution in [0.15, 0.2) is 30.3 Å². The molecule has 2 aromatic carbocycles. The first-order valence-electron chi connectivity index (χ1n) is 13.2. The smallest absolute Gasteiger partial charge is 0.138 e. The molecule has 6 heteroatoms. The molecule has 194 valence electrons. The summed E-state index contributed by atoms with van der Waals surface area (Å²) in [5.74, 6) is 1.82. The Morgan fingerprint density at radius 1 is 0.972 bits per heavy atom. The van der Waals surface area contributed by atoms with E-state index in [0.717, 1.165) is 78.2 Å². The Morgan fingerprint density at radius 2 is 1.61 bits per heavy atom. The van der Waals surface area contributed by atoms with Gasteiger partial charge in [-0.25, -0.2) is 4.98 Å². The Bertz CT molecular complexity index is 1170. The maximum atomic E-state index is 10.8. The van der Waals surface area contributed by atoms with Gasteiger partial charge in [-0.15, -0.1) is 0 Å². The number of aromatic amines is 1. The van der Waals surface area contributed by atoms with Crippen molar-refractivity contribution in [3.8, 4) is 17.1 Å². The number of H-pyrrole nitrogens is 1. The lowest BCUT2D eigenvalue weighted by Crippen LogP contribution is -2.44. The van der Waals surface area contributed by atoms with Crippen molar-refractivity contribution >= 4 is 23.0 Å². The molecule has 4 rings (SSSR count). The average Bonchev–Trinajstić information content (AvgIpc) is 3.24. The number of piperazine rings is 1. The van der Waals surface area contributed by atoms with Crippen LogP contribution in [0, 0.1) is 0 Å². The SMILES string of the molecule is CN1CCN(c2ccc3[nH]c(-c4cc(C(C)(C)C)c(OCCCC=O)c(C(C)(C)C)c4)nc3c2)CC1. The van der Waals surface area contributed by atoms with Gasteiger partial charge in [0.25, 0.3) is 0 Å². The van der Waals surface area contributed by atoms with Gasteiger partial charge in [-0.3, -0.25) is 0 Å². The van der Waals surface area contributed by atoms with Crippen LogP contribution in [0.5, 0.6) is 5.75 Å². The normalized spacial score (nSPS) is 15.5. The van der Waals surface area contributed by atoms with E-state index in [-0.39, 0.29) is 10.8 Å². The van der Waals surface area contributed by atoms with Crippen LogP contribution in [-0.4, -0.2) is 61.0 Å². The van der Waals surface area contributed by atoms with Crippen molar-refractivity contribution in [2.24, 2.45) is 0 Å². The number of aromatic nitrogens is 2. The number of nitrogens with one attached hydrogen (secondary N) is 1. The molecule has 0 saturated carbocycles. The van der Waals surface area contributed by atoms with E-state index >= 15 is 0 Å². The third kappa shape index (κ3) is 5.75. The number of nitrogens with zero attached hydrogens (tertiary/aromatic N) is 3. The summed E-state index contributed by atoms with van der Waals surface area (Å²) in [7, 11) is 2.18. The molecule has 1 fully saturated rings. The summed E-state index contributed by atoms with van der Waals surface area (Å²) in [5.41, 5.74) is 6.44. The fourth-order valence-corrected chi connectivity index (χ4v) is 4.77. The maximum absolute atomic E-state index is 10.8. The van der Waals surface area contributed by atoms with Gasteiger partial charge in [0.1, 0.15) is 17.9 Å². The summed E-state index contributed by atoms with van der Waals surface area (Å²) >= 11 is 0. The highest BCUT2D eigenvalue weighted by atomic mass is 16.5. The van der Waals surface area contributed by atoms with Gasteiger partial charge in [0, 0.05) is 55.0 Å². The van der Waals surface area contributed by atoms with Crippen LogP contribution in [0.2, 0.25) is 0 Å². The Labute approximate surface area is 216 Å². The first-order chi connectivity index (χ1) is 17.0. The van der Waals surface area contributed by atoms with Gasteiger partial charge in [0.2, 0.25) is 0 Å². The molecule has 0 aliphatic carbocycles. The summed E-state index contributed by atoms with van der Waals surface area (Å²) in [4.78, 5) is 24.2. The van der Waals surface area contributed by atoms with Crippen molar-refractivity contribution in [3.05, 3.63) is 41.5 Å². The number of rotatable bonds is 7. The fraction of sp³-hybridized carbons (Fsp3) is 0.533. The Morgan fingerprint density at radius 3 is 2.19 bits per heavy atom. The molecule has 1 saturated heterocycles. The summed E-state index contributed by atoms with van der Waals surface area (Å²) in [6.07, 6.45) is 2.19. The number of imidazole rings is 1. The van der Waals surface area contributed by atoms with Crippen LogP contribution in [0.25, 0.3) is 22.4 Å². The molecular weight excluding hydrogens is 448 g/mol. The standard InChI is InChI=1S/C30H42N4O2/c1-29(2,3)23-18-21(19-24(30(4,5)6)27(23)36-17-9-8-16-35)28-31-25-11-10-22(20-26(25)32-28)34-14-12-33(7)13-15-34/h10-11,16,18-20H,8-9,12-15,17H2,1-7H3,(H,31,32). The minimum absolute atomic E-state index is 0.114. The van der Waals surface area contributed by atoms with Crippen molar-refractivity contribution in [3.63, 3.8) is 0 Å². The van der Waals surface area contributed by atoms with Gasteiger partial charge in [-0.2, -0.15) is 0 Å². The third-order valence-electron chi connectivity index (χ3n) is 7.03. The molecule has 1 N–H and O–H groups in total. The predicted octanol–water partition coefficient (Wildman–Crippen LogP) is 5.93. The van der Waals surface area contributed by atoms with E-state index in [1.165, 1.54) is 5.69 Å². The molecule has 0 atom stereocenters. The molecule has 1 aliphatic rings. The molecule has 0 bridgehead atoms. The number of hydrogen-bond acceptors (Lipinski definition) is 5. The molecular formula is C30H42N4O2. The van der Waals surface area contributed by atoms with Crippen LogP contribution in [0.3, 0.4) is 0 Å². The Hall–Kier alpha value is -2.86. The number of unbranched alkanes of at least 4 members (excludes halogenated alkanes) is 1. The number of ether oxygens (including phenoxy) is 1. The molecule has 1 aromatic heterocycles.